The number of methoxy groups -OCH3 is 2. The number of carbonyl (C=O) groups excluding carboxylic acids is 2. The van der Waals surface area contributed by atoms with E-state index in [-0.39, 0.29) is 12.5 Å². The van der Waals surface area contributed by atoms with Crippen molar-refractivity contribution in [2.75, 3.05) is 20.8 Å². The van der Waals surface area contributed by atoms with E-state index >= 15 is 0 Å². The molecule has 0 aromatic rings. The molecule has 0 aromatic heterocycles. The van der Waals surface area contributed by atoms with E-state index in [1.165, 1.54) is 14.2 Å². The number of nitrogens with zero attached hydrogens (tertiary/aromatic N) is 1. The zero-order valence-electron chi connectivity index (χ0n) is 9.49. The van der Waals surface area contributed by atoms with Crippen LogP contribution in [0.2, 0.25) is 0 Å². The Hall–Kier alpha value is -1.61. The molecule has 0 spiro atoms. The Balaban J connectivity index is 4.15. The molecule has 16 heavy (non-hydrogen) atoms. The van der Waals surface area contributed by atoms with Gasteiger partial charge >= 0.3 is 5.97 Å². The lowest BCUT2D eigenvalue weighted by Crippen LogP contribution is -2.42. The average Bonchev–Trinajstić information content (AvgIpc) is 2.27. The van der Waals surface area contributed by atoms with E-state index in [0.29, 0.717) is 19.3 Å². The average molecular weight is 228 g/mol. The first-order valence-corrected chi connectivity index (χ1v) is 4.88. The summed E-state index contributed by atoms with van der Waals surface area (Å²) in [4.78, 5) is 22.5. The predicted octanol–water partition coefficient (Wildman–Crippen LogP) is -0.0155. The zero-order chi connectivity index (χ0) is 12.4. The molecule has 1 amide bonds. The third kappa shape index (κ3) is 5.98. The Kier molecular flexibility index (Phi) is 7.81. The van der Waals surface area contributed by atoms with E-state index in [1.54, 1.807) is 0 Å². The second kappa shape index (κ2) is 8.68. The lowest BCUT2D eigenvalue weighted by atomic mass is 10.1. The minimum absolute atomic E-state index is 0.105. The highest BCUT2D eigenvalue weighted by atomic mass is 16.5. The fourth-order valence-electron chi connectivity index (χ4n) is 1.14. The molecule has 1 N–H and O–H groups in total. The normalized spacial score (nSPS) is 11.3. The fourth-order valence-corrected chi connectivity index (χ4v) is 1.14. The van der Waals surface area contributed by atoms with Gasteiger partial charge in [0.2, 0.25) is 5.91 Å². The molecule has 0 radical (unpaired) electrons. The summed E-state index contributed by atoms with van der Waals surface area (Å²) in [6.07, 6.45) is 1.26. The molecule has 0 heterocycles. The summed E-state index contributed by atoms with van der Waals surface area (Å²) < 4.78 is 9.17. The van der Waals surface area contributed by atoms with Gasteiger partial charge in [0.1, 0.15) is 12.6 Å². The van der Waals surface area contributed by atoms with Crippen molar-refractivity contribution in [3.8, 4) is 6.07 Å². The SMILES string of the molecule is COCC(=O)N[C@H](CCCC#N)C(=O)OC. The van der Waals surface area contributed by atoms with Crippen LogP contribution in [0.25, 0.3) is 0 Å². The quantitative estimate of drug-likeness (QED) is 0.489. The highest BCUT2D eigenvalue weighted by Crippen LogP contribution is 2.02. The number of unbranched alkanes of at least 4 members (excludes halogenated alkanes) is 1. The van der Waals surface area contributed by atoms with Crippen LogP contribution in [0.3, 0.4) is 0 Å². The van der Waals surface area contributed by atoms with Crippen molar-refractivity contribution >= 4 is 11.9 Å². The number of esters is 1. The third-order valence-electron chi connectivity index (χ3n) is 1.88. The molecule has 0 aliphatic carbocycles. The Morgan fingerprint density at radius 3 is 2.62 bits per heavy atom. The van der Waals surface area contributed by atoms with Crippen molar-refractivity contribution in [2.45, 2.75) is 25.3 Å². The molecule has 0 saturated heterocycles. The molecule has 6 nitrogen and oxygen atoms in total. The van der Waals surface area contributed by atoms with Gasteiger partial charge in [-0.1, -0.05) is 0 Å². The monoisotopic (exact) mass is 228 g/mol. The maximum absolute atomic E-state index is 11.3. The summed E-state index contributed by atoms with van der Waals surface area (Å²) in [5, 5.41) is 10.8. The first-order valence-electron chi connectivity index (χ1n) is 4.88. The van der Waals surface area contributed by atoms with Crippen LogP contribution >= 0.6 is 0 Å². The number of rotatable bonds is 7. The topological polar surface area (TPSA) is 88.4 Å². The standard InChI is InChI=1S/C10H16N2O4/c1-15-7-9(13)12-8(10(14)16-2)5-3-4-6-11/h8H,3-5,7H2,1-2H3,(H,12,13)/t8-/m1/s1. The predicted molar refractivity (Wildman–Crippen MR) is 55.3 cm³/mol. The van der Waals surface area contributed by atoms with Crippen LogP contribution in [0, 0.1) is 11.3 Å². The van der Waals surface area contributed by atoms with E-state index in [1.807, 2.05) is 6.07 Å². The maximum Gasteiger partial charge on any atom is 0.328 e. The summed E-state index contributed by atoms with van der Waals surface area (Å²) >= 11 is 0. The lowest BCUT2D eigenvalue weighted by Gasteiger charge is -2.15. The number of nitrogens with one attached hydrogen (secondary N) is 1. The van der Waals surface area contributed by atoms with Gasteiger partial charge in [0.15, 0.2) is 0 Å². The van der Waals surface area contributed by atoms with Crippen LogP contribution in [-0.2, 0) is 19.1 Å². The summed E-state index contributed by atoms with van der Waals surface area (Å²) in [6, 6.07) is 1.26. The van der Waals surface area contributed by atoms with Crippen LogP contribution in [0.4, 0.5) is 0 Å². The molecule has 0 unspecified atom stereocenters. The van der Waals surface area contributed by atoms with Crippen molar-refractivity contribution in [1.82, 2.24) is 5.32 Å². The van der Waals surface area contributed by atoms with Gasteiger partial charge < -0.3 is 14.8 Å². The first kappa shape index (κ1) is 14.4. The number of ether oxygens (including phenoxy) is 2. The summed E-state index contributed by atoms with van der Waals surface area (Å²) in [6.45, 7) is -0.105. The number of nitriles is 1. The van der Waals surface area contributed by atoms with Crippen molar-refractivity contribution in [3.05, 3.63) is 0 Å². The van der Waals surface area contributed by atoms with Gasteiger partial charge in [-0.15, -0.1) is 0 Å². The van der Waals surface area contributed by atoms with Crippen LogP contribution in [0.1, 0.15) is 19.3 Å². The zero-order valence-corrected chi connectivity index (χ0v) is 9.49. The van der Waals surface area contributed by atoms with Gasteiger partial charge in [-0.25, -0.2) is 4.79 Å². The Labute approximate surface area is 94.5 Å². The van der Waals surface area contributed by atoms with Crippen LogP contribution < -0.4 is 5.32 Å². The number of hydrogen-bond acceptors (Lipinski definition) is 5. The van der Waals surface area contributed by atoms with Crippen molar-refractivity contribution in [2.24, 2.45) is 0 Å². The van der Waals surface area contributed by atoms with Crippen LogP contribution in [-0.4, -0.2) is 38.7 Å². The van der Waals surface area contributed by atoms with Crippen molar-refractivity contribution in [3.63, 3.8) is 0 Å². The molecule has 0 fully saturated rings. The number of amides is 1. The summed E-state index contributed by atoms with van der Waals surface area (Å²) in [7, 11) is 2.64. The van der Waals surface area contributed by atoms with Crippen molar-refractivity contribution < 1.29 is 19.1 Å². The second-order valence-electron chi connectivity index (χ2n) is 3.13. The molecule has 1 atom stereocenters. The fraction of sp³-hybridized carbons (Fsp3) is 0.700. The van der Waals surface area contributed by atoms with E-state index < -0.39 is 12.0 Å². The molecule has 0 saturated carbocycles. The van der Waals surface area contributed by atoms with Gasteiger partial charge in [0.25, 0.3) is 0 Å². The molecule has 0 aromatic carbocycles. The molecule has 90 valence electrons. The molecule has 0 rings (SSSR count). The minimum atomic E-state index is -0.707. The molecule has 0 aliphatic rings. The van der Waals surface area contributed by atoms with Gasteiger partial charge in [-0.3, -0.25) is 4.79 Å². The number of carbonyl (C=O) groups is 2. The summed E-state index contributed by atoms with van der Waals surface area (Å²) in [5.74, 6) is -0.891. The molecule has 0 aliphatic heterocycles. The third-order valence-corrected chi connectivity index (χ3v) is 1.88. The van der Waals surface area contributed by atoms with E-state index in [0.717, 1.165) is 0 Å². The Morgan fingerprint density at radius 1 is 1.44 bits per heavy atom. The maximum atomic E-state index is 11.3. The molecular formula is C10H16N2O4. The van der Waals surface area contributed by atoms with Gasteiger partial charge in [-0.2, -0.15) is 5.26 Å². The van der Waals surface area contributed by atoms with Gasteiger partial charge in [0.05, 0.1) is 13.2 Å². The smallest absolute Gasteiger partial charge is 0.328 e. The lowest BCUT2D eigenvalue weighted by molar-refractivity contribution is -0.145. The van der Waals surface area contributed by atoms with E-state index in [2.05, 4.69) is 14.8 Å². The first-order chi connectivity index (χ1) is 7.65. The molecular weight excluding hydrogens is 212 g/mol. The van der Waals surface area contributed by atoms with Gasteiger partial charge in [0, 0.05) is 13.5 Å². The largest absolute Gasteiger partial charge is 0.467 e. The molecule has 0 bridgehead atoms. The number of hydrogen-bond donors (Lipinski definition) is 1. The Morgan fingerprint density at radius 2 is 2.12 bits per heavy atom. The van der Waals surface area contributed by atoms with E-state index in [9.17, 15) is 9.59 Å². The van der Waals surface area contributed by atoms with Crippen molar-refractivity contribution in [1.29, 1.82) is 5.26 Å². The minimum Gasteiger partial charge on any atom is -0.467 e. The highest BCUT2D eigenvalue weighted by Gasteiger charge is 2.20. The van der Waals surface area contributed by atoms with Crippen LogP contribution in [0.15, 0.2) is 0 Å². The van der Waals surface area contributed by atoms with Crippen LogP contribution in [0.5, 0.6) is 0 Å². The highest BCUT2D eigenvalue weighted by molar-refractivity contribution is 5.84. The van der Waals surface area contributed by atoms with E-state index in [4.69, 9.17) is 5.26 Å². The second-order valence-corrected chi connectivity index (χ2v) is 3.13. The summed E-state index contributed by atoms with van der Waals surface area (Å²) in [5.41, 5.74) is 0. The van der Waals surface area contributed by atoms with Gasteiger partial charge in [-0.05, 0) is 12.8 Å². The molecule has 6 heteroatoms. The Bertz CT molecular complexity index is 272.